The van der Waals surface area contributed by atoms with Gasteiger partial charge in [-0.3, -0.25) is 0 Å². The molecule has 0 aromatic carbocycles. The largest absolute Gasteiger partial charge is 0.341 e. The van der Waals surface area contributed by atoms with Gasteiger partial charge in [0.2, 0.25) is 0 Å². The summed E-state index contributed by atoms with van der Waals surface area (Å²) in [6.45, 7) is 4.07. The van der Waals surface area contributed by atoms with Crippen LogP contribution >= 0.6 is 23.2 Å². The van der Waals surface area contributed by atoms with Crippen LogP contribution in [-0.4, -0.2) is 21.3 Å². The fourth-order valence-corrected chi connectivity index (χ4v) is 4.07. The van der Waals surface area contributed by atoms with Crippen molar-refractivity contribution >= 4 is 23.2 Å². The van der Waals surface area contributed by atoms with Crippen molar-refractivity contribution in [2.24, 2.45) is 0 Å². The molecule has 1 aliphatic heterocycles. The van der Waals surface area contributed by atoms with Gasteiger partial charge in [-0.05, 0) is 26.7 Å². The van der Waals surface area contributed by atoms with Gasteiger partial charge >= 0.3 is 0 Å². The quantitative estimate of drug-likeness (QED) is 0.614. The lowest BCUT2D eigenvalue weighted by Gasteiger charge is -2.25. The molecule has 0 aromatic heterocycles. The van der Waals surface area contributed by atoms with Gasteiger partial charge in [-0.25, -0.2) is 0 Å². The zero-order valence-electron chi connectivity index (χ0n) is 9.11. The molecule has 0 bridgehead atoms. The summed E-state index contributed by atoms with van der Waals surface area (Å²) in [5.74, 6) is -0.394. The number of halogens is 2. The Kier molecular flexibility index (Phi) is 1.89. The van der Waals surface area contributed by atoms with Crippen molar-refractivity contribution < 1.29 is 9.47 Å². The molecule has 0 aromatic rings. The van der Waals surface area contributed by atoms with Gasteiger partial charge in [-0.1, -0.05) is 23.2 Å². The summed E-state index contributed by atoms with van der Waals surface area (Å²) in [6.07, 6.45) is 4.97. The highest BCUT2D eigenvalue weighted by molar-refractivity contribution is 6.52. The molecular formula is C11H16Cl2O2. The maximum Gasteiger partial charge on any atom is 0.170 e. The summed E-state index contributed by atoms with van der Waals surface area (Å²) in [5, 5.41) is 0. The molecular weight excluding hydrogens is 235 g/mol. The number of hydrogen-bond acceptors (Lipinski definition) is 2. The van der Waals surface area contributed by atoms with Gasteiger partial charge in [0.25, 0.3) is 0 Å². The summed E-state index contributed by atoms with van der Waals surface area (Å²) < 4.78 is 11.5. The Balaban J connectivity index is 1.93. The van der Waals surface area contributed by atoms with Gasteiger partial charge in [-0.2, -0.15) is 0 Å². The molecule has 1 saturated heterocycles. The molecule has 2 nitrogen and oxygen atoms in total. The lowest BCUT2D eigenvalue weighted by Crippen LogP contribution is -2.39. The number of ether oxygens (including phenoxy) is 2. The van der Waals surface area contributed by atoms with Crippen LogP contribution in [0.5, 0.6) is 0 Å². The third kappa shape index (κ3) is 1.20. The molecule has 4 heteroatoms. The first-order valence-corrected chi connectivity index (χ1v) is 6.36. The highest BCUT2D eigenvalue weighted by Crippen LogP contribution is 2.71. The fraction of sp³-hybridized carbons (Fsp3) is 1.00. The summed E-state index contributed by atoms with van der Waals surface area (Å²) in [4.78, 5) is 0. The third-order valence-corrected chi connectivity index (χ3v) is 4.95. The third-order valence-electron chi connectivity index (χ3n) is 4.08. The minimum atomic E-state index is -0.761. The van der Waals surface area contributed by atoms with Crippen molar-refractivity contribution in [1.29, 1.82) is 0 Å². The monoisotopic (exact) mass is 250 g/mol. The van der Waals surface area contributed by atoms with Crippen LogP contribution < -0.4 is 0 Å². The zero-order chi connectivity index (χ0) is 10.9. The van der Waals surface area contributed by atoms with E-state index in [-0.39, 0.29) is 5.60 Å². The molecule has 2 spiro atoms. The second kappa shape index (κ2) is 2.66. The van der Waals surface area contributed by atoms with Crippen LogP contribution in [0.15, 0.2) is 0 Å². The lowest BCUT2D eigenvalue weighted by atomic mass is 10.00. The van der Waals surface area contributed by atoms with Crippen LogP contribution in [0.4, 0.5) is 0 Å². The first kappa shape index (κ1) is 10.6. The average Bonchev–Trinajstić information content (AvgIpc) is 2.45. The van der Waals surface area contributed by atoms with Crippen LogP contribution in [0.3, 0.4) is 0 Å². The molecule has 2 saturated carbocycles. The van der Waals surface area contributed by atoms with Crippen LogP contribution in [0.1, 0.15) is 46.0 Å². The normalized spacial score (nSPS) is 44.0. The molecule has 1 unspecified atom stereocenters. The van der Waals surface area contributed by atoms with Crippen LogP contribution in [0.2, 0.25) is 0 Å². The van der Waals surface area contributed by atoms with Crippen LogP contribution in [0.25, 0.3) is 0 Å². The van der Waals surface area contributed by atoms with Gasteiger partial charge < -0.3 is 9.47 Å². The van der Waals surface area contributed by atoms with Crippen molar-refractivity contribution in [3.05, 3.63) is 0 Å². The van der Waals surface area contributed by atoms with Crippen molar-refractivity contribution in [3.63, 3.8) is 0 Å². The molecule has 15 heavy (non-hydrogen) atoms. The van der Waals surface area contributed by atoms with Gasteiger partial charge in [0, 0.05) is 19.3 Å². The van der Waals surface area contributed by atoms with Crippen molar-refractivity contribution in [1.82, 2.24) is 0 Å². The molecule has 1 atom stereocenters. The Morgan fingerprint density at radius 3 is 1.93 bits per heavy atom. The number of hydrogen-bond donors (Lipinski definition) is 0. The van der Waals surface area contributed by atoms with Crippen LogP contribution in [-0.2, 0) is 9.47 Å². The summed E-state index contributed by atoms with van der Waals surface area (Å²) >= 11 is 12.4. The van der Waals surface area contributed by atoms with E-state index in [1.165, 1.54) is 12.8 Å². The lowest BCUT2D eigenvalue weighted by molar-refractivity contribution is -0.181. The molecule has 0 radical (unpaired) electrons. The minimum Gasteiger partial charge on any atom is -0.341 e. The zero-order valence-corrected chi connectivity index (χ0v) is 10.6. The smallest absolute Gasteiger partial charge is 0.170 e. The van der Waals surface area contributed by atoms with E-state index in [0.717, 1.165) is 12.8 Å². The van der Waals surface area contributed by atoms with E-state index in [0.29, 0.717) is 6.42 Å². The topological polar surface area (TPSA) is 18.5 Å². The first-order chi connectivity index (χ1) is 6.83. The second-order valence-corrected chi connectivity index (χ2v) is 7.02. The molecule has 3 fully saturated rings. The molecule has 0 amide bonds. The van der Waals surface area contributed by atoms with Gasteiger partial charge in [-0.15, -0.1) is 0 Å². The Morgan fingerprint density at radius 2 is 1.53 bits per heavy atom. The number of alkyl halides is 2. The van der Waals surface area contributed by atoms with Gasteiger partial charge in [0.1, 0.15) is 5.60 Å². The van der Waals surface area contributed by atoms with Crippen molar-refractivity contribution in [2.45, 2.75) is 67.3 Å². The van der Waals surface area contributed by atoms with Crippen LogP contribution in [0, 0.1) is 0 Å². The van der Waals surface area contributed by atoms with E-state index < -0.39 is 15.7 Å². The second-order valence-electron chi connectivity index (χ2n) is 5.54. The van der Waals surface area contributed by atoms with Crippen molar-refractivity contribution in [2.75, 3.05) is 0 Å². The minimum absolute atomic E-state index is 0.374. The summed E-state index contributed by atoms with van der Waals surface area (Å²) in [5.41, 5.74) is -0.853. The van der Waals surface area contributed by atoms with E-state index >= 15 is 0 Å². The van der Waals surface area contributed by atoms with E-state index in [4.69, 9.17) is 32.7 Å². The maximum absolute atomic E-state index is 6.21. The molecule has 1 heterocycles. The standard InChI is InChI=1S/C11H16Cl2O2/c1-8(2)10(7-11(10,12)13)15-9(14-8)5-3-4-6-9/h3-7H2,1-2H3. The van der Waals surface area contributed by atoms with Crippen molar-refractivity contribution in [3.8, 4) is 0 Å². The van der Waals surface area contributed by atoms with E-state index in [1.807, 2.05) is 13.8 Å². The van der Waals surface area contributed by atoms with E-state index in [9.17, 15) is 0 Å². The Hall–Kier alpha value is 0.500. The fourth-order valence-electron chi connectivity index (χ4n) is 3.16. The van der Waals surface area contributed by atoms with E-state index in [2.05, 4.69) is 0 Å². The predicted octanol–water partition coefficient (Wildman–Crippen LogP) is 3.40. The molecule has 3 aliphatic rings. The van der Waals surface area contributed by atoms with Gasteiger partial charge in [0.15, 0.2) is 10.1 Å². The Morgan fingerprint density at radius 1 is 1.00 bits per heavy atom. The molecule has 0 N–H and O–H groups in total. The van der Waals surface area contributed by atoms with E-state index in [1.54, 1.807) is 0 Å². The summed E-state index contributed by atoms with van der Waals surface area (Å²) in [6, 6.07) is 0. The Labute approximate surface area is 100 Å². The highest BCUT2D eigenvalue weighted by atomic mass is 35.5. The molecule has 3 rings (SSSR count). The predicted molar refractivity (Wildman–Crippen MR) is 59.2 cm³/mol. The molecule has 2 aliphatic carbocycles. The number of rotatable bonds is 0. The average molecular weight is 251 g/mol. The van der Waals surface area contributed by atoms with Gasteiger partial charge in [0.05, 0.1) is 5.60 Å². The maximum atomic E-state index is 6.21. The SMILES string of the molecule is CC1(C)OC2(CCCC2)OC12CC2(Cl)Cl. The Bertz CT molecular complexity index is 308. The summed E-state index contributed by atoms with van der Waals surface area (Å²) in [7, 11) is 0. The molecule has 86 valence electrons. The first-order valence-electron chi connectivity index (χ1n) is 5.61. The highest BCUT2D eigenvalue weighted by Gasteiger charge is 2.81.